The zero-order chi connectivity index (χ0) is 17.1. The maximum Gasteiger partial charge on any atom is 0.223 e. The van der Waals surface area contributed by atoms with E-state index in [2.05, 4.69) is 20.6 Å². The first-order chi connectivity index (χ1) is 11.6. The third-order valence-corrected chi connectivity index (χ3v) is 3.85. The van der Waals surface area contributed by atoms with Crippen LogP contribution in [0.4, 0.5) is 0 Å². The van der Waals surface area contributed by atoms with Crippen LogP contribution in [0.15, 0.2) is 41.6 Å². The maximum absolute atomic E-state index is 11.7. The van der Waals surface area contributed by atoms with Gasteiger partial charge < -0.3 is 15.0 Å². The van der Waals surface area contributed by atoms with E-state index in [0.29, 0.717) is 18.8 Å². The zero-order valence-electron chi connectivity index (χ0n) is 13.5. The minimum Gasteiger partial charge on any atom is -0.503 e. The highest BCUT2D eigenvalue weighted by Gasteiger charge is 2.10. The van der Waals surface area contributed by atoms with Gasteiger partial charge in [0.05, 0.1) is 23.3 Å². The molecule has 0 amide bonds. The number of aromatic nitrogens is 5. The summed E-state index contributed by atoms with van der Waals surface area (Å²) in [5.41, 5.74) is 2.59. The fourth-order valence-corrected chi connectivity index (χ4v) is 2.38. The lowest BCUT2D eigenvalue weighted by Gasteiger charge is -2.13. The number of nitrogens with zero attached hydrogens (tertiary/aromatic N) is 5. The van der Waals surface area contributed by atoms with Crippen molar-refractivity contribution < 1.29 is 5.11 Å². The van der Waals surface area contributed by atoms with E-state index < -0.39 is 0 Å². The molecule has 3 heterocycles. The molecule has 2 N–H and O–H groups in total. The molecular weight excluding hydrogens is 308 g/mol. The molecule has 0 aliphatic heterocycles. The number of rotatable bonds is 5. The lowest BCUT2D eigenvalue weighted by Crippen LogP contribution is -2.20. The van der Waals surface area contributed by atoms with Crippen LogP contribution in [0, 0.1) is 6.92 Å². The minimum absolute atomic E-state index is 0.226. The van der Waals surface area contributed by atoms with Gasteiger partial charge in [-0.05, 0) is 19.1 Å². The molecule has 3 aromatic rings. The first kappa shape index (κ1) is 15.9. The van der Waals surface area contributed by atoms with E-state index in [1.807, 2.05) is 32.3 Å². The van der Waals surface area contributed by atoms with Crippen molar-refractivity contribution in [1.29, 1.82) is 0 Å². The van der Waals surface area contributed by atoms with Gasteiger partial charge in [-0.3, -0.25) is 9.78 Å². The topological polar surface area (TPSA) is 97.9 Å². The van der Waals surface area contributed by atoms with Gasteiger partial charge in [0.15, 0.2) is 5.75 Å². The van der Waals surface area contributed by atoms with Gasteiger partial charge in [0.2, 0.25) is 5.43 Å². The van der Waals surface area contributed by atoms with Crippen LogP contribution in [0.3, 0.4) is 0 Å². The van der Waals surface area contributed by atoms with Crippen LogP contribution in [0.25, 0.3) is 5.69 Å². The molecule has 0 unspecified atom stereocenters. The largest absolute Gasteiger partial charge is 0.503 e. The average molecular weight is 326 g/mol. The van der Waals surface area contributed by atoms with Crippen molar-refractivity contribution >= 4 is 0 Å². The van der Waals surface area contributed by atoms with Gasteiger partial charge in [0, 0.05) is 44.3 Å². The second-order valence-corrected chi connectivity index (χ2v) is 5.47. The van der Waals surface area contributed by atoms with E-state index in [1.54, 1.807) is 21.6 Å². The van der Waals surface area contributed by atoms with E-state index in [9.17, 15) is 9.90 Å². The highest BCUT2D eigenvalue weighted by Crippen LogP contribution is 2.12. The fraction of sp³-hybridized carbons (Fsp3) is 0.250. The van der Waals surface area contributed by atoms with Gasteiger partial charge in [-0.1, -0.05) is 5.21 Å². The van der Waals surface area contributed by atoms with E-state index in [0.717, 1.165) is 17.1 Å². The lowest BCUT2D eigenvalue weighted by molar-refractivity contribution is 0.445. The summed E-state index contributed by atoms with van der Waals surface area (Å²) in [5.74, 6) is -0.226. The maximum atomic E-state index is 11.7. The minimum atomic E-state index is -0.369. The summed E-state index contributed by atoms with van der Waals surface area (Å²) in [4.78, 5) is 15.7. The molecule has 0 aromatic carbocycles. The second kappa shape index (κ2) is 6.63. The van der Waals surface area contributed by atoms with Gasteiger partial charge >= 0.3 is 0 Å². The number of aromatic hydroxyl groups is 1. The van der Waals surface area contributed by atoms with Crippen LogP contribution in [-0.4, -0.2) is 29.7 Å². The summed E-state index contributed by atoms with van der Waals surface area (Å²) in [5, 5.41) is 21.3. The summed E-state index contributed by atoms with van der Waals surface area (Å²) in [6.45, 7) is 2.64. The zero-order valence-corrected chi connectivity index (χ0v) is 13.5. The predicted octanol–water partition coefficient (Wildman–Crippen LogP) is 0.665. The normalized spacial score (nSPS) is 10.9. The highest BCUT2D eigenvalue weighted by molar-refractivity contribution is 5.29. The summed E-state index contributed by atoms with van der Waals surface area (Å²) >= 11 is 0. The predicted molar refractivity (Wildman–Crippen MR) is 87.8 cm³/mol. The van der Waals surface area contributed by atoms with Crippen LogP contribution in [0.2, 0.25) is 0 Å². The Hall–Kier alpha value is -3.00. The van der Waals surface area contributed by atoms with Gasteiger partial charge in [-0.15, -0.1) is 5.10 Å². The van der Waals surface area contributed by atoms with Crippen molar-refractivity contribution in [3.8, 4) is 11.4 Å². The molecule has 3 aromatic heterocycles. The van der Waals surface area contributed by atoms with Crippen molar-refractivity contribution in [2.75, 3.05) is 0 Å². The number of pyridine rings is 2. The standard InChI is InChI=1S/C16H18N6O2/c1-11-7-15(23)16(24)14(21(11)2)9-18-8-12-10-22(20-19-12)13-3-5-17-6-4-13/h3-7,10,18,24H,8-9H2,1-2H3. The molecule has 0 spiro atoms. The third kappa shape index (κ3) is 3.18. The molecule has 8 nitrogen and oxygen atoms in total. The average Bonchev–Trinajstić information content (AvgIpc) is 3.06. The molecule has 0 radical (unpaired) electrons. The molecule has 0 saturated heterocycles. The molecular formula is C16H18N6O2. The molecule has 3 rings (SSSR count). The van der Waals surface area contributed by atoms with Gasteiger partial charge in [0.25, 0.3) is 0 Å². The Morgan fingerprint density at radius 3 is 2.75 bits per heavy atom. The lowest BCUT2D eigenvalue weighted by atomic mass is 10.2. The number of aryl methyl sites for hydroxylation is 1. The van der Waals surface area contributed by atoms with Crippen molar-refractivity contribution in [1.82, 2.24) is 29.9 Å². The molecule has 8 heteroatoms. The van der Waals surface area contributed by atoms with Crippen LogP contribution in [0.1, 0.15) is 17.1 Å². The van der Waals surface area contributed by atoms with Crippen LogP contribution < -0.4 is 10.7 Å². The first-order valence-corrected chi connectivity index (χ1v) is 7.47. The Bertz CT molecular complexity index is 901. The Labute approximate surface area is 138 Å². The summed E-state index contributed by atoms with van der Waals surface area (Å²) in [6.07, 6.45) is 5.20. The third-order valence-electron chi connectivity index (χ3n) is 3.85. The highest BCUT2D eigenvalue weighted by atomic mass is 16.3. The Morgan fingerprint density at radius 2 is 2.00 bits per heavy atom. The van der Waals surface area contributed by atoms with Gasteiger partial charge in [-0.25, -0.2) is 4.68 Å². The van der Waals surface area contributed by atoms with E-state index >= 15 is 0 Å². The van der Waals surface area contributed by atoms with Gasteiger partial charge in [-0.2, -0.15) is 0 Å². The summed E-state index contributed by atoms with van der Waals surface area (Å²) in [7, 11) is 1.81. The van der Waals surface area contributed by atoms with E-state index in [4.69, 9.17) is 0 Å². The summed E-state index contributed by atoms with van der Waals surface area (Å²) < 4.78 is 3.45. The number of hydrogen-bond donors (Lipinski definition) is 2. The van der Waals surface area contributed by atoms with Crippen molar-refractivity contribution in [2.45, 2.75) is 20.0 Å². The molecule has 0 atom stereocenters. The molecule has 0 aliphatic rings. The Morgan fingerprint density at radius 1 is 1.25 bits per heavy atom. The molecule has 0 saturated carbocycles. The molecule has 124 valence electrons. The van der Waals surface area contributed by atoms with Crippen molar-refractivity contribution in [3.63, 3.8) is 0 Å². The molecule has 0 bridgehead atoms. The van der Waals surface area contributed by atoms with Crippen molar-refractivity contribution in [3.05, 3.63) is 64.1 Å². The summed E-state index contributed by atoms with van der Waals surface area (Å²) in [6, 6.07) is 5.10. The smallest absolute Gasteiger partial charge is 0.223 e. The molecule has 0 aliphatic carbocycles. The number of nitrogens with one attached hydrogen (secondary N) is 1. The Balaban J connectivity index is 1.68. The first-order valence-electron chi connectivity index (χ1n) is 7.47. The number of hydrogen-bond acceptors (Lipinski definition) is 6. The quantitative estimate of drug-likeness (QED) is 0.715. The van der Waals surface area contributed by atoms with Crippen LogP contribution >= 0.6 is 0 Å². The van der Waals surface area contributed by atoms with E-state index in [1.165, 1.54) is 6.07 Å². The van der Waals surface area contributed by atoms with Gasteiger partial charge in [0.1, 0.15) is 0 Å². The fourth-order valence-electron chi connectivity index (χ4n) is 2.38. The molecule has 24 heavy (non-hydrogen) atoms. The van der Waals surface area contributed by atoms with E-state index in [-0.39, 0.29) is 11.2 Å². The second-order valence-electron chi connectivity index (χ2n) is 5.47. The monoisotopic (exact) mass is 326 g/mol. The van der Waals surface area contributed by atoms with Crippen molar-refractivity contribution in [2.24, 2.45) is 7.05 Å². The van der Waals surface area contributed by atoms with Crippen LogP contribution in [0.5, 0.6) is 5.75 Å². The SMILES string of the molecule is Cc1cc(=O)c(O)c(CNCc2cn(-c3ccncc3)nn2)n1C. The molecule has 0 fully saturated rings. The Kier molecular flexibility index (Phi) is 4.39. The van der Waals surface area contributed by atoms with Crippen LogP contribution in [-0.2, 0) is 20.1 Å².